The number of rotatable bonds is 2. The summed E-state index contributed by atoms with van der Waals surface area (Å²) in [6.45, 7) is 4.91. The Morgan fingerprint density at radius 3 is 2.86 bits per heavy atom. The largest absolute Gasteiger partial charge is 0.381 e. The third-order valence-corrected chi connectivity index (χ3v) is 4.79. The van der Waals surface area contributed by atoms with Gasteiger partial charge in [-0.25, -0.2) is 4.98 Å². The Hall–Kier alpha value is -2.55. The van der Waals surface area contributed by atoms with Crippen molar-refractivity contribution in [2.45, 2.75) is 25.3 Å². The third kappa shape index (κ3) is 1.72. The number of hydrogen-bond acceptors (Lipinski definition) is 2. The number of nitrogens with zero attached hydrogens (tertiary/aromatic N) is 1. The molecule has 0 saturated heterocycles. The van der Waals surface area contributed by atoms with E-state index in [0.29, 0.717) is 5.92 Å². The molecule has 22 heavy (non-hydrogen) atoms. The summed E-state index contributed by atoms with van der Waals surface area (Å²) in [6, 6.07) is 11.0. The van der Waals surface area contributed by atoms with Crippen molar-refractivity contribution in [3.8, 4) is 11.1 Å². The molecule has 1 aromatic carbocycles. The van der Waals surface area contributed by atoms with Crippen LogP contribution >= 0.6 is 0 Å². The molecule has 5 rings (SSSR count). The summed E-state index contributed by atoms with van der Waals surface area (Å²) in [6.07, 6.45) is 4.65. The maximum Gasteiger partial charge on any atom is 0.138 e. The lowest BCUT2D eigenvalue weighted by Gasteiger charge is -2.04. The van der Waals surface area contributed by atoms with Crippen molar-refractivity contribution in [3.05, 3.63) is 59.9 Å². The minimum atomic E-state index is 0.688. The second-order valence-corrected chi connectivity index (χ2v) is 6.31. The van der Waals surface area contributed by atoms with Crippen LogP contribution in [0.25, 0.3) is 27.9 Å². The minimum Gasteiger partial charge on any atom is -0.381 e. The highest BCUT2D eigenvalue weighted by Gasteiger charge is 2.25. The first-order valence-corrected chi connectivity index (χ1v) is 7.84. The van der Waals surface area contributed by atoms with E-state index in [0.717, 1.165) is 17.9 Å². The normalized spacial score (nSPS) is 16.8. The zero-order valence-corrected chi connectivity index (χ0v) is 12.3. The molecule has 0 bridgehead atoms. The van der Waals surface area contributed by atoms with Crippen molar-refractivity contribution < 1.29 is 0 Å². The van der Waals surface area contributed by atoms with Gasteiger partial charge in [-0.1, -0.05) is 18.7 Å². The van der Waals surface area contributed by atoms with Crippen LogP contribution in [0.2, 0.25) is 0 Å². The van der Waals surface area contributed by atoms with E-state index in [2.05, 4.69) is 53.4 Å². The lowest BCUT2D eigenvalue weighted by atomic mass is 10.00. The van der Waals surface area contributed by atoms with Crippen LogP contribution in [0.5, 0.6) is 0 Å². The number of aromatic nitrogens is 2. The number of H-pyrrole nitrogens is 1. The predicted molar refractivity (Wildman–Crippen MR) is 89.4 cm³/mol. The Morgan fingerprint density at radius 1 is 1.09 bits per heavy atom. The molecule has 1 saturated carbocycles. The topological polar surface area (TPSA) is 40.7 Å². The van der Waals surface area contributed by atoms with E-state index < -0.39 is 0 Å². The number of aromatic amines is 1. The second kappa shape index (κ2) is 4.23. The molecular formula is C19H17N3. The molecule has 108 valence electrons. The molecule has 3 aromatic rings. The highest BCUT2D eigenvalue weighted by atomic mass is 14.9. The van der Waals surface area contributed by atoms with Gasteiger partial charge in [-0.15, -0.1) is 0 Å². The first kappa shape index (κ1) is 12.0. The summed E-state index contributed by atoms with van der Waals surface area (Å²) in [5.41, 5.74) is 8.28. The Balaban J connectivity index is 1.63. The van der Waals surface area contributed by atoms with Crippen LogP contribution in [-0.2, 0) is 6.54 Å². The molecule has 1 aliphatic heterocycles. The molecule has 0 spiro atoms. The van der Waals surface area contributed by atoms with Gasteiger partial charge in [0, 0.05) is 46.6 Å². The average Bonchev–Trinajstić information content (AvgIpc) is 3.22. The van der Waals surface area contributed by atoms with Gasteiger partial charge >= 0.3 is 0 Å². The molecular weight excluding hydrogens is 270 g/mol. The highest BCUT2D eigenvalue weighted by molar-refractivity contribution is 5.94. The maximum absolute atomic E-state index is 4.79. The Kier molecular flexibility index (Phi) is 2.31. The Labute approximate surface area is 129 Å². The Bertz CT molecular complexity index is 916. The van der Waals surface area contributed by atoms with Crippen molar-refractivity contribution >= 4 is 16.7 Å². The van der Waals surface area contributed by atoms with E-state index in [-0.39, 0.29) is 0 Å². The molecule has 2 N–H and O–H groups in total. The summed E-state index contributed by atoms with van der Waals surface area (Å²) in [7, 11) is 0. The summed E-state index contributed by atoms with van der Waals surface area (Å²) >= 11 is 0. The van der Waals surface area contributed by atoms with E-state index in [1.165, 1.54) is 46.2 Å². The molecule has 0 radical (unpaired) electrons. The maximum atomic E-state index is 4.79. The summed E-state index contributed by atoms with van der Waals surface area (Å²) in [5, 5.41) is 4.51. The predicted octanol–water partition coefficient (Wildman–Crippen LogP) is 4.18. The minimum absolute atomic E-state index is 0.688. The van der Waals surface area contributed by atoms with Crippen molar-refractivity contribution in [3.63, 3.8) is 0 Å². The first-order valence-electron chi connectivity index (χ1n) is 7.84. The molecule has 2 aromatic heterocycles. The van der Waals surface area contributed by atoms with Crippen LogP contribution in [0.1, 0.15) is 35.6 Å². The van der Waals surface area contributed by atoms with Gasteiger partial charge in [0.1, 0.15) is 5.65 Å². The van der Waals surface area contributed by atoms with E-state index in [4.69, 9.17) is 4.98 Å². The lowest BCUT2D eigenvalue weighted by Crippen LogP contribution is -1.98. The van der Waals surface area contributed by atoms with Crippen molar-refractivity contribution in [1.82, 2.24) is 15.3 Å². The number of nitrogens with one attached hydrogen (secondary N) is 2. The molecule has 0 amide bonds. The van der Waals surface area contributed by atoms with Crippen molar-refractivity contribution in [2.24, 2.45) is 0 Å². The quantitative estimate of drug-likeness (QED) is 0.742. The second-order valence-electron chi connectivity index (χ2n) is 6.31. The van der Waals surface area contributed by atoms with Gasteiger partial charge in [0.25, 0.3) is 0 Å². The zero-order valence-electron chi connectivity index (χ0n) is 12.3. The highest BCUT2D eigenvalue weighted by Crippen LogP contribution is 2.40. The van der Waals surface area contributed by atoms with Crippen LogP contribution < -0.4 is 5.32 Å². The van der Waals surface area contributed by atoms with E-state index >= 15 is 0 Å². The van der Waals surface area contributed by atoms with Gasteiger partial charge in [-0.05, 0) is 42.2 Å². The van der Waals surface area contributed by atoms with E-state index in [1.807, 2.05) is 0 Å². The monoisotopic (exact) mass is 287 g/mol. The fraction of sp³-hybridized carbons (Fsp3) is 0.211. The molecule has 2 aliphatic rings. The molecule has 1 aliphatic carbocycles. The fourth-order valence-corrected chi connectivity index (χ4v) is 3.36. The molecule has 0 atom stereocenters. The van der Waals surface area contributed by atoms with E-state index in [9.17, 15) is 0 Å². The van der Waals surface area contributed by atoms with Crippen LogP contribution in [-0.4, -0.2) is 9.97 Å². The molecule has 0 unspecified atom stereocenters. The fourth-order valence-electron chi connectivity index (χ4n) is 3.36. The molecule has 3 nitrogen and oxygen atoms in total. The van der Waals surface area contributed by atoms with E-state index in [1.54, 1.807) is 0 Å². The first-order chi connectivity index (χ1) is 10.8. The number of fused-ring (bicyclic) bond motifs is 2. The Morgan fingerprint density at radius 2 is 2.00 bits per heavy atom. The number of pyridine rings is 1. The van der Waals surface area contributed by atoms with Crippen LogP contribution in [0, 0.1) is 0 Å². The van der Waals surface area contributed by atoms with Gasteiger partial charge in [0.2, 0.25) is 0 Å². The van der Waals surface area contributed by atoms with Crippen molar-refractivity contribution in [1.29, 1.82) is 0 Å². The molecule has 3 heteroatoms. The van der Waals surface area contributed by atoms with Gasteiger partial charge in [-0.3, -0.25) is 0 Å². The molecule has 1 fully saturated rings. The van der Waals surface area contributed by atoms with Gasteiger partial charge in [-0.2, -0.15) is 0 Å². The van der Waals surface area contributed by atoms with Crippen LogP contribution in [0.3, 0.4) is 0 Å². The zero-order chi connectivity index (χ0) is 14.7. The van der Waals surface area contributed by atoms with Gasteiger partial charge in [0.05, 0.1) is 0 Å². The summed E-state index contributed by atoms with van der Waals surface area (Å²) < 4.78 is 0. The van der Waals surface area contributed by atoms with Crippen LogP contribution in [0.15, 0.2) is 43.1 Å². The number of benzene rings is 1. The summed E-state index contributed by atoms with van der Waals surface area (Å²) in [4.78, 5) is 8.13. The molecule has 3 heterocycles. The van der Waals surface area contributed by atoms with Crippen molar-refractivity contribution in [2.75, 3.05) is 0 Å². The average molecular weight is 287 g/mol. The SMILES string of the molecule is C=C1NCc2cc(-c3c[nH]c4nc(C5CC5)ccc34)ccc21. The number of hydrogen-bond donors (Lipinski definition) is 2. The third-order valence-electron chi connectivity index (χ3n) is 4.79. The van der Waals surface area contributed by atoms with Crippen LogP contribution in [0.4, 0.5) is 0 Å². The summed E-state index contributed by atoms with van der Waals surface area (Å²) in [5.74, 6) is 0.688. The van der Waals surface area contributed by atoms with Gasteiger partial charge in [0.15, 0.2) is 0 Å². The smallest absolute Gasteiger partial charge is 0.138 e. The lowest BCUT2D eigenvalue weighted by molar-refractivity contribution is 0.946. The van der Waals surface area contributed by atoms with Gasteiger partial charge < -0.3 is 10.3 Å². The standard InChI is InChI=1S/C19H17N3/c1-11-15-5-4-13(8-14(15)9-20-11)17-10-21-19-16(17)6-7-18(22-19)12-2-3-12/h4-8,10,12,20H,1-3,9H2,(H,21,22).